The molecule has 0 radical (unpaired) electrons. The van der Waals surface area contributed by atoms with E-state index in [0.29, 0.717) is 35.5 Å². The highest BCUT2D eigenvalue weighted by Crippen LogP contribution is 2.28. The molecule has 186 valence electrons. The molecule has 0 bridgehead atoms. The van der Waals surface area contributed by atoms with E-state index in [2.05, 4.69) is 53.0 Å². The van der Waals surface area contributed by atoms with E-state index in [1.54, 1.807) is 6.26 Å². The first-order valence-electron chi connectivity index (χ1n) is 13.0. The Balaban J connectivity index is 1.49. The molecule has 0 aliphatic carbocycles. The number of aromatic nitrogens is 4. The summed E-state index contributed by atoms with van der Waals surface area (Å²) in [5.41, 5.74) is 8.99. The number of nitrogen functional groups attached to an aromatic ring is 1. The first-order valence-corrected chi connectivity index (χ1v) is 13.0. The van der Waals surface area contributed by atoms with Crippen LogP contribution in [0.4, 0.5) is 11.8 Å². The molecular formula is C28H38N6O. The number of nitrogens with zero attached hydrogens (tertiary/aromatic N) is 4. The van der Waals surface area contributed by atoms with Gasteiger partial charge in [0, 0.05) is 13.1 Å². The summed E-state index contributed by atoms with van der Waals surface area (Å²) in [6.45, 7) is 5.98. The Morgan fingerprint density at radius 2 is 1.66 bits per heavy atom. The number of hydrogen-bond donors (Lipinski definition) is 2. The second kappa shape index (κ2) is 12.4. The van der Waals surface area contributed by atoms with Gasteiger partial charge in [0.25, 0.3) is 0 Å². The van der Waals surface area contributed by atoms with Gasteiger partial charge in [-0.2, -0.15) is 9.97 Å². The maximum absolute atomic E-state index is 6.35. The molecule has 3 N–H and O–H groups in total. The number of hydrogen-bond acceptors (Lipinski definition) is 6. The van der Waals surface area contributed by atoms with Crippen LogP contribution in [-0.4, -0.2) is 26.1 Å². The lowest BCUT2D eigenvalue weighted by Crippen LogP contribution is -2.13. The van der Waals surface area contributed by atoms with Crippen LogP contribution in [0.1, 0.15) is 76.7 Å². The van der Waals surface area contributed by atoms with E-state index in [9.17, 15) is 0 Å². The maximum Gasteiger partial charge on any atom is 0.226 e. The van der Waals surface area contributed by atoms with E-state index in [1.165, 1.54) is 50.5 Å². The van der Waals surface area contributed by atoms with Crippen molar-refractivity contribution >= 4 is 22.9 Å². The lowest BCUT2D eigenvalue weighted by atomic mass is 10.0. The minimum absolute atomic E-state index is 0.317. The van der Waals surface area contributed by atoms with Gasteiger partial charge < -0.3 is 20.0 Å². The Bertz CT molecular complexity index is 1170. The smallest absolute Gasteiger partial charge is 0.226 e. The molecule has 0 aliphatic rings. The minimum atomic E-state index is 0.317. The number of anilines is 2. The number of nitrogens with two attached hydrogens (primary N) is 1. The summed E-state index contributed by atoms with van der Waals surface area (Å²) < 4.78 is 7.82. The number of benzene rings is 1. The van der Waals surface area contributed by atoms with Gasteiger partial charge in [0.1, 0.15) is 0 Å². The van der Waals surface area contributed by atoms with E-state index in [4.69, 9.17) is 20.1 Å². The quantitative estimate of drug-likeness (QED) is 0.191. The highest BCUT2D eigenvalue weighted by molar-refractivity contribution is 5.86. The lowest BCUT2D eigenvalue weighted by Gasteiger charge is -2.13. The summed E-state index contributed by atoms with van der Waals surface area (Å²) in [5, 5.41) is 3.38. The van der Waals surface area contributed by atoms with Gasteiger partial charge in [-0.1, -0.05) is 89.1 Å². The Kier molecular flexibility index (Phi) is 8.76. The van der Waals surface area contributed by atoms with Gasteiger partial charge in [0.15, 0.2) is 28.6 Å². The zero-order valence-corrected chi connectivity index (χ0v) is 21.0. The summed E-state index contributed by atoms with van der Waals surface area (Å²) in [5.74, 6) is 2.70. The molecule has 0 saturated heterocycles. The van der Waals surface area contributed by atoms with Crippen LogP contribution in [0.3, 0.4) is 0 Å². The molecule has 4 rings (SSSR count). The van der Waals surface area contributed by atoms with Gasteiger partial charge in [-0.25, -0.2) is 4.98 Å². The fraction of sp³-hybridized carbons (Fsp3) is 0.464. The van der Waals surface area contributed by atoms with Crippen molar-refractivity contribution in [2.45, 2.75) is 77.7 Å². The molecule has 7 heteroatoms. The molecule has 1 aromatic carbocycles. The van der Waals surface area contributed by atoms with Gasteiger partial charge in [-0.05, 0) is 30.0 Å². The average molecular weight is 475 g/mol. The Morgan fingerprint density at radius 3 is 2.37 bits per heavy atom. The molecule has 0 spiro atoms. The summed E-state index contributed by atoms with van der Waals surface area (Å²) >= 11 is 0. The predicted molar refractivity (Wildman–Crippen MR) is 143 cm³/mol. The van der Waals surface area contributed by atoms with Crippen molar-refractivity contribution in [1.29, 1.82) is 0 Å². The topological polar surface area (TPSA) is 94.8 Å². The molecule has 3 aromatic heterocycles. The molecular weight excluding hydrogens is 436 g/mol. The van der Waals surface area contributed by atoms with Crippen molar-refractivity contribution in [2.24, 2.45) is 0 Å². The number of unbranched alkanes of at least 4 members (excludes halogenated alkanes) is 7. The van der Waals surface area contributed by atoms with Crippen molar-refractivity contribution in [1.82, 2.24) is 19.5 Å². The first kappa shape index (κ1) is 24.8. The van der Waals surface area contributed by atoms with Crippen LogP contribution in [-0.2, 0) is 6.54 Å². The third kappa shape index (κ3) is 6.41. The number of fused-ring (bicyclic) bond motifs is 1. The highest BCUT2D eigenvalue weighted by Gasteiger charge is 2.19. The third-order valence-corrected chi connectivity index (χ3v) is 6.53. The largest absolute Gasteiger partial charge is 0.461 e. The van der Waals surface area contributed by atoms with Crippen LogP contribution in [0.5, 0.6) is 0 Å². The van der Waals surface area contributed by atoms with E-state index in [-0.39, 0.29) is 0 Å². The number of aryl methyl sites for hydroxylation is 1. The zero-order chi connectivity index (χ0) is 24.5. The molecule has 3 heterocycles. The van der Waals surface area contributed by atoms with Crippen LogP contribution in [0.15, 0.2) is 53.1 Å². The third-order valence-electron chi connectivity index (χ3n) is 6.53. The summed E-state index contributed by atoms with van der Waals surface area (Å²) in [6.07, 6.45) is 11.8. The minimum Gasteiger partial charge on any atom is -0.461 e. The van der Waals surface area contributed by atoms with Gasteiger partial charge in [-0.3, -0.25) is 0 Å². The fourth-order valence-electron chi connectivity index (χ4n) is 4.45. The van der Waals surface area contributed by atoms with Gasteiger partial charge in [0.2, 0.25) is 5.95 Å². The van der Waals surface area contributed by atoms with Crippen molar-refractivity contribution < 1.29 is 4.42 Å². The number of imidazole rings is 1. The van der Waals surface area contributed by atoms with Crippen molar-refractivity contribution in [3.05, 3.63) is 54.3 Å². The molecule has 1 unspecified atom stereocenters. The Hall–Kier alpha value is -3.35. The van der Waals surface area contributed by atoms with Crippen LogP contribution in [0, 0.1) is 0 Å². The van der Waals surface area contributed by atoms with Crippen LogP contribution in [0.2, 0.25) is 0 Å². The maximum atomic E-state index is 6.35. The summed E-state index contributed by atoms with van der Waals surface area (Å²) in [7, 11) is 0. The van der Waals surface area contributed by atoms with Crippen molar-refractivity contribution in [3.63, 3.8) is 0 Å². The van der Waals surface area contributed by atoms with E-state index in [0.717, 1.165) is 24.4 Å². The van der Waals surface area contributed by atoms with Gasteiger partial charge in [-0.15, -0.1) is 0 Å². The number of nitrogens with one attached hydrogen (secondary N) is 1. The van der Waals surface area contributed by atoms with E-state index < -0.39 is 0 Å². The second-order valence-electron chi connectivity index (χ2n) is 9.34. The summed E-state index contributed by atoms with van der Waals surface area (Å²) in [6, 6.07) is 14.2. The molecule has 7 nitrogen and oxygen atoms in total. The molecule has 1 atom stereocenters. The fourth-order valence-corrected chi connectivity index (χ4v) is 4.45. The normalized spacial score (nSPS) is 12.3. The zero-order valence-electron chi connectivity index (χ0n) is 21.0. The average Bonchev–Trinajstić information content (AvgIpc) is 3.53. The number of rotatable bonds is 14. The first-order chi connectivity index (χ1) is 17.2. The van der Waals surface area contributed by atoms with Crippen LogP contribution < -0.4 is 11.1 Å². The highest BCUT2D eigenvalue weighted by atomic mass is 16.3. The molecule has 0 fully saturated rings. The molecule has 0 aliphatic heterocycles. The van der Waals surface area contributed by atoms with E-state index >= 15 is 0 Å². The van der Waals surface area contributed by atoms with Gasteiger partial charge >= 0.3 is 0 Å². The molecule has 0 amide bonds. The second-order valence-corrected chi connectivity index (χ2v) is 9.34. The van der Waals surface area contributed by atoms with Crippen LogP contribution >= 0.6 is 0 Å². The van der Waals surface area contributed by atoms with Crippen molar-refractivity contribution in [3.8, 4) is 11.6 Å². The molecule has 35 heavy (non-hydrogen) atoms. The number of furan rings is 1. The molecule has 0 saturated carbocycles. The van der Waals surface area contributed by atoms with Crippen molar-refractivity contribution in [2.75, 3.05) is 17.6 Å². The van der Waals surface area contributed by atoms with Crippen LogP contribution in [0.25, 0.3) is 22.7 Å². The molecule has 4 aromatic rings. The summed E-state index contributed by atoms with van der Waals surface area (Å²) in [4.78, 5) is 14.1. The Morgan fingerprint density at radius 1 is 0.914 bits per heavy atom. The monoisotopic (exact) mass is 474 g/mol. The van der Waals surface area contributed by atoms with E-state index in [1.807, 2.05) is 18.2 Å². The SMILES string of the molecule is CCCCCCCCCCn1c(-c2ccco2)nc2c(N)nc(NCC(C)c3ccccc3)nc21. The van der Waals surface area contributed by atoms with Gasteiger partial charge in [0.05, 0.1) is 6.26 Å². The predicted octanol–water partition coefficient (Wildman–Crippen LogP) is 7.02. The lowest BCUT2D eigenvalue weighted by molar-refractivity contribution is 0.539. The Labute approximate surface area is 208 Å². The standard InChI is InChI=1S/C28H38N6O/c1-3-4-5-6-7-8-9-13-18-34-26(23-17-14-19-35-23)31-24-25(29)32-28(33-27(24)34)30-20-21(2)22-15-11-10-12-16-22/h10-12,14-17,19,21H,3-9,13,18,20H2,1-2H3,(H3,29,30,32,33).